The van der Waals surface area contributed by atoms with Crippen molar-refractivity contribution in [2.75, 3.05) is 12.9 Å². The first-order valence-corrected chi connectivity index (χ1v) is 5.51. The molecule has 1 heterocycles. The third-order valence-corrected chi connectivity index (χ3v) is 3.32. The third kappa shape index (κ3) is 1.88. The zero-order valence-corrected chi connectivity index (χ0v) is 8.43. The summed E-state index contributed by atoms with van der Waals surface area (Å²) >= 11 is 1.94. The van der Waals surface area contributed by atoms with Crippen LogP contribution in [0.2, 0.25) is 0 Å². The molecule has 1 atom stereocenters. The van der Waals surface area contributed by atoms with E-state index in [1.807, 2.05) is 11.8 Å². The van der Waals surface area contributed by atoms with Crippen LogP contribution in [0.3, 0.4) is 0 Å². The molecule has 1 aliphatic rings. The Kier molecular flexibility index (Phi) is 2.88. The van der Waals surface area contributed by atoms with E-state index < -0.39 is 0 Å². The van der Waals surface area contributed by atoms with E-state index in [1.165, 1.54) is 11.1 Å². The Morgan fingerprint density at radius 1 is 1.46 bits per heavy atom. The van der Waals surface area contributed by atoms with E-state index in [1.54, 1.807) is 7.11 Å². The molecule has 0 saturated carbocycles. The van der Waals surface area contributed by atoms with Crippen molar-refractivity contribution in [1.29, 1.82) is 0 Å². The molecule has 70 valence electrons. The lowest BCUT2D eigenvalue weighted by Gasteiger charge is -2.24. The van der Waals surface area contributed by atoms with E-state index >= 15 is 0 Å². The average molecular weight is 195 g/mol. The molecule has 0 amide bonds. The first-order chi connectivity index (χ1) is 6.42. The van der Waals surface area contributed by atoms with E-state index in [0.717, 1.165) is 11.5 Å². The van der Waals surface area contributed by atoms with Crippen molar-refractivity contribution in [3.8, 4) is 0 Å². The minimum absolute atomic E-state index is 0.347. The summed E-state index contributed by atoms with van der Waals surface area (Å²) in [6.45, 7) is 0. The zero-order valence-electron chi connectivity index (χ0n) is 7.62. The lowest BCUT2D eigenvalue weighted by atomic mass is 10.0. The number of benzene rings is 1. The van der Waals surface area contributed by atoms with Crippen molar-refractivity contribution in [2.45, 2.75) is 11.8 Å². The SMILES string of the molecule is CONC1CSCc2ccccc21. The van der Waals surface area contributed by atoms with Gasteiger partial charge in [0.15, 0.2) is 0 Å². The molecule has 0 aliphatic carbocycles. The van der Waals surface area contributed by atoms with Gasteiger partial charge in [0.1, 0.15) is 0 Å². The monoisotopic (exact) mass is 195 g/mol. The van der Waals surface area contributed by atoms with Crippen LogP contribution in [0.5, 0.6) is 0 Å². The number of fused-ring (bicyclic) bond motifs is 1. The standard InChI is InChI=1S/C10H13NOS/c1-12-11-10-7-13-6-8-4-2-3-5-9(8)10/h2-5,10-11H,6-7H2,1H3. The highest BCUT2D eigenvalue weighted by atomic mass is 32.2. The summed E-state index contributed by atoms with van der Waals surface area (Å²) in [5.41, 5.74) is 5.82. The highest BCUT2D eigenvalue weighted by Gasteiger charge is 2.19. The van der Waals surface area contributed by atoms with Gasteiger partial charge in [-0.1, -0.05) is 24.3 Å². The molecule has 2 rings (SSSR count). The van der Waals surface area contributed by atoms with E-state index in [2.05, 4.69) is 29.7 Å². The van der Waals surface area contributed by atoms with Crippen LogP contribution in [0.25, 0.3) is 0 Å². The number of nitrogens with one attached hydrogen (secondary N) is 1. The normalized spacial score (nSPS) is 21.2. The fourth-order valence-electron chi connectivity index (χ4n) is 1.62. The van der Waals surface area contributed by atoms with Crippen molar-refractivity contribution < 1.29 is 4.84 Å². The number of hydrogen-bond acceptors (Lipinski definition) is 3. The maximum absolute atomic E-state index is 4.97. The summed E-state index contributed by atoms with van der Waals surface area (Å²) < 4.78 is 0. The summed E-state index contributed by atoms with van der Waals surface area (Å²) in [4.78, 5) is 4.97. The van der Waals surface area contributed by atoms with Crippen molar-refractivity contribution in [1.82, 2.24) is 5.48 Å². The molecule has 0 saturated heterocycles. The highest BCUT2D eigenvalue weighted by molar-refractivity contribution is 7.98. The van der Waals surface area contributed by atoms with Crippen LogP contribution in [0.4, 0.5) is 0 Å². The molecule has 0 fully saturated rings. The van der Waals surface area contributed by atoms with Gasteiger partial charge in [-0.2, -0.15) is 17.2 Å². The number of thioether (sulfide) groups is 1. The molecule has 1 aliphatic heterocycles. The fraction of sp³-hybridized carbons (Fsp3) is 0.400. The van der Waals surface area contributed by atoms with Crippen LogP contribution in [0.15, 0.2) is 24.3 Å². The minimum Gasteiger partial charge on any atom is -0.304 e. The molecule has 1 unspecified atom stereocenters. The Bertz CT molecular complexity index is 290. The quantitative estimate of drug-likeness (QED) is 0.730. The Labute approximate surface area is 82.6 Å². The van der Waals surface area contributed by atoms with E-state index in [4.69, 9.17) is 4.84 Å². The Morgan fingerprint density at radius 3 is 3.15 bits per heavy atom. The van der Waals surface area contributed by atoms with Crippen molar-refractivity contribution in [2.24, 2.45) is 0 Å². The van der Waals surface area contributed by atoms with Gasteiger partial charge in [0, 0.05) is 11.5 Å². The summed E-state index contributed by atoms with van der Waals surface area (Å²) in [5, 5.41) is 0. The van der Waals surface area contributed by atoms with Crippen LogP contribution in [0, 0.1) is 0 Å². The molecular weight excluding hydrogens is 182 g/mol. The topological polar surface area (TPSA) is 21.3 Å². The maximum Gasteiger partial charge on any atom is 0.0664 e. The Hall–Kier alpha value is -0.510. The van der Waals surface area contributed by atoms with Crippen LogP contribution in [0.1, 0.15) is 17.2 Å². The second kappa shape index (κ2) is 4.13. The molecule has 0 radical (unpaired) electrons. The van der Waals surface area contributed by atoms with Crippen molar-refractivity contribution >= 4 is 11.8 Å². The summed E-state index contributed by atoms with van der Waals surface area (Å²) in [6.07, 6.45) is 0. The molecule has 1 N–H and O–H groups in total. The lowest BCUT2D eigenvalue weighted by Crippen LogP contribution is -2.25. The molecule has 0 bridgehead atoms. The summed E-state index contributed by atoms with van der Waals surface area (Å²) in [6, 6.07) is 8.88. The lowest BCUT2D eigenvalue weighted by molar-refractivity contribution is 0.0667. The molecule has 1 aromatic carbocycles. The number of hydrogen-bond donors (Lipinski definition) is 1. The van der Waals surface area contributed by atoms with Gasteiger partial charge in [0.25, 0.3) is 0 Å². The van der Waals surface area contributed by atoms with Gasteiger partial charge in [-0.3, -0.25) is 0 Å². The second-order valence-corrected chi connectivity index (χ2v) is 4.12. The molecule has 0 spiro atoms. The van der Waals surface area contributed by atoms with Crippen LogP contribution in [-0.4, -0.2) is 12.9 Å². The molecular formula is C10H13NOS. The Morgan fingerprint density at radius 2 is 2.31 bits per heavy atom. The van der Waals surface area contributed by atoms with Crippen LogP contribution < -0.4 is 5.48 Å². The first kappa shape index (κ1) is 9.06. The van der Waals surface area contributed by atoms with Crippen LogP contribution in [-0.2, 0) is 10.6 Å². The summed E-state index contributed by atoms with van der Waals surface area (Å²) in [7, 11) is 1.67. The van der Waals surface area contributed by atoms with Gasteiger partial charge in [-0.15, -0.1) is 0 Å². The number of hydroxylamine groups is 1. The second-order valence-electron chi connectivity index (χ2n) is 3.09. The minimum atomic E-state index is 0.347. The number of rotatable bonds is 2. The van der Waals surface area contributed by atoms with Crippen molar-refractivity contribution in [3.63, 3.8) is 0 Å². The molecule has 1 aromatic rings. The average Bonchev–Trinajstić information content (AvgIpc) is 2.19. The van der Waals surface area contributed by atoms with Gasteiger partial charge in [-0.25, -0.2) is 0 Å². The van der Waals surface area contributed by atoms with Crippen LogP contribution >= 0.6 is 11.8 Å². The van der Waals surface area contributed by atoms with Crippen molar-refractivity contribution in [3.05, 3.63) is 35.4 Å². The maximum atomic E-state index is 4.97. The third-order valence-electron chi connectivity index (χ3n) is 2.23. The van der Waals surface area contributed by atoms with Gasteiger partial charge >= 0.3 is 0 Å². The molecule has 13 heavy (non-hydrogen) atoms. The van der Waals surface area contributed by atoms with Gasteiger partial charge in [0.2, 0.25) is 0 Å². The van der Waals surface area contributed by atoms with E-state index in [9.17, 15) is 0 Å². The summed E-state index contributed by atoms with van der Waals surface area (Å²) in [5.74, 6) is 2.21. The van der Waals surface area contributed by atoms with Gasteiger partial charge in [0.05, 0.1) is 13.2 Å². The van der Waals surface area contributed by atoms with Gasteiger partial charge < -0.3 is 4.84 Å². The fourth-order valence-corrected chi connectivity index (χ4v) is 2.71. The predicted octanol–water partition coefficient (Wildman–Crippen LogP) is 2.13. The highest BCUT2D eigenvalue weighted by Crippen LogP contribution is 2.31. The Balaban J connectivity index is 2.26. The zero-order chi connectivity index (χ0) is 9.10. The smallest absolute Gasteiger partial charge is 0.0664 e. The van der Waals surface area contributed by atoms with Gasteiger partial charge in [-0.05, 0) is 11.1 Å². The first-order valence-electron chi connectivity index (χ1n) is 4.36. The molecule has 0 aromatic heterocycles. The molecule has 2 nitrogen and oxygen atoms in total. The van der Waals surface area contributed by atoms with E-state index in [0.29, 0.717) is 6.04 Å². The molecule has 3 heteroatoms. The predicted molar refractivity (Wildman–Crippen MR) is 55.5 cm³/mol. The largest absolute Gasteiger partial charge is 0.304 e. The van der Waals surface area contributed by atoms with E-state index in [-0.39, 0.29) is 0 Å².